The zero-order valence-electron chi connectivity index (χ0n) is 12.7. The second-order valence-corrected chi connectivity index (χ2v) is 6.86. The Balaban J connectivity index is 2.30. The van der Waals surface area contributed by atoms with Gasteiger partial charge >= 0.3 is 0 Å². The number of methoxy groups -OCH3 is 1. The molecule has 1 N–H and O–H groups in total. The van der Waals surface area contributed by atoms with Gasteiger partial charge in [0.1, 0.15) is 5.01 Å². The predicted octanol–water partition coefficient (Wildman–Crippen LogP) is 3.38. The molecular weight excluding hydrogens is 289 g/mol. The Kier molecular flexibility index (Phi) is 5.03. The average molecular weight is 309 g/mol. The first-order valence-electron chi connectivity index (χ1n) is 6.73. The molecule has 114 valence electrons. The van der Waals surface area contributed by atoms with Gasteiger partial charge < -0.3 is 10.1 Å². The molecule has 0 aliphatic rings. The molecule has 4 nitrogen and oxygen atoms in total. The number of ether oxygens (including phenoxy) is 1. The molecular formula is C15H20FN3OS. The number of halogens is 1. The van der Waals surface area contributed by atoms with Gasteiger partial charge in [0.05, 0.1) is 18.5 Å². The minimum Gasteiger partial charge on any atom is -0.378 e. The van der Waals surface area contributed by atoms with Crippen LogP contribution < -0.4 is 5.32 Å². The highest BCUT2D eigenvalue weighted by atomic mass is 32.1. The van der Waals surface area contributed by atoms with Gasteiger partial charge in [-0.2, -0.15) is 0 Å². The smallest absolute Gasteiger partial charge is 0.151 e. The van der Waals surface area contributed by atoms with Crippen LogP contribution in [0.15, 0.2) is 18.5 Å². The molecule has 0 saturated heterocycles. The lowest BCUT2D eigenvalue weighted by Crippen LogP contribution is -2.35. The topological polar surface area (TPSA) is 47.0 Å². The molecule has 21 heavy (non-hydrogen) atoms. The van der Waals surface area contributed by atoms with E-state index in [1.807, 2.05) is 0 Å². The summed E-state index contributed by atoms with van der Waals surface area (Å²) in [7, 11) is 1.63. The Labute approximate surface area is 128 Å². The largest absolute Gasteiger partial charge is 0.378 e. The molecule has 0 radical (unpaired) electrons. The van der Waals surface area contributed by atoms with E-state index in [0.29, 0.717) is 23.7 Å². The normalized spacial score (nSPS) is 11.9. The van der Waals surface area contributed by atoms with Crippen LogP contribution in [-0.2, 0) is 17.9 Å². The van der Waals surface area contributed by atoms with Crippen molar-refractivity contribution < 1.29 is 9.13 Å². The van der Waals surface area contributed by atoms with Gasteiger partial charge in [0.15, 0.2) is 5.82 Å². The van der Waals surface area contributed by atoms with E-state index < -0.39 is 0 Å². The molecule has 2 heterocycles. The minimum absolute atomic E-state index is 0.0103. The van der Waals surface area contributed by atoms with Crippen LogP contribution in [0.1, 0.15) is 31.3 Å². The first-order chi connectivity index (χ1) is 9.90. The number of nitrogens with zero attached hydrogens (tertiary/aromatic N) is 2. The van der Waals surface area contributed by atoms with Crippen LogP contribution in [0.25, 0.3) is 10.6 Å². The lowest BCUT2D eigenvalue weighted by molar-refractivity contribution is 0.181. The van der Waals surface area contributed by atoms with E-state index in [2.05, 4.69) is 36.1 Å². The highest BCUT2D eigenvalue weighted by Gasteiger charge is 2.17. The number of pyridine rings is 1. The summed E-state index contributed by atoms with van der Waals surface area (Å²) in [6.45, 7) is 7.42. The van der Waals surface area contributed by atoms with Crippen molar-refractivity contribution >= 4 is 11.3 Å². The zero-order valence-corrected chi connectivity index (χ0v) is 13.6. The van der Waals surface area contributed by atoms with Crippen LogP contribution in [0.2, 0.25) is 0 Å². The zero-order chi connectivity index (χ0) is 15.5. The molecule has 2 aromatic rings. The highest BCUT2D eigenvalue weighted by Crippen LogP contribution is 2.30. The standard InChI is InChI=1S/C15H20FN3OS/c1-15(2,3)18-8-13-12(9-20-4)19-14(21-13)10-5-6-17-7-11(10)16/h5-7,18H,8-9H2,1-4H3. The van der Waals surface area contributed by atoms with Crippen molar-refractivity contribution in [1.29, 1.82) is 0 Å². The van der Waals surface area contributed by atoms with Gasteiger partial charge in [0.2, 0.25) is 0 Å². The summed E-state index contributed by atoms with van der Waals surface area (Å²) in [6.07, 6.45) is 2.78. The Hall–Kier alpha value is -1.37. The third kappa shape index (κ3) is 4.30. The number of hydrogen-bond acceptors (Lipinski definition) is 5. The highest BCUT2D eigenvalue weighted by molar-refractivity contribution is 7.15. The first kappa shape index (κ1) is 16.0. The van der Waals surface area contributed by atoms with Gasteiger partial charge in [-0.1, -0.05) is 0 Å². The van der Waals surface area contributed by atoms with Gasteiger partial charge in [-0.15, -0.1) is 11.3 Å². The van der Waals surface area contributed by atoms with Crippen molar-refractivity contribution in [1.82, 2.24) is 15.3 Å². The van der Waals surface area contributed by atoms with Crippen molar-refractivity contribution in [2.45, 2.75) is 39.5 Å². The molecule has 0 fully saturated rings. The van der Waals surface area contributed by atoms with Crippen LogP contribution in [0.3, 0.4) is 0 Å². The maximum Gasteiger partial charge on any atom is 0.151 e. The van der Waals surface area contributed by atoms with Crippen molar-refractivity contribution in [2.75, 3.05) is 7.11 Å². The number of thiazole rings is 1. The van der Waals surface area contributed by atoms with E-state index in [1.54, 1.807) is 19.4 Å². The third-order valence-corrected chi connectivity index (χ3v) is 3.97. The molecule has 0 amide bonds. The fourth-order valence-electron chi connectivity index (χ4n) is 1.78. The molecule has 0 bridgehead atoms. The lowest BCUT2D eigenvalue weighted by atomic mass is 10.1. The number of hydrogen-bond donors (Lipinski definition) is 1. The van der Waals surface area contributed by atoms with E-state index in [9.17, 15) is 4.39 Å². The molecule has 6 heteroatoms. The molecule has 0 aromatic carbocycles. The molecule has 0 aliphatic heterocycles. The molecule has 0 atom stereocenters. The molecule has 2 rings (SSSR count). The van der Waals surface area contributed by atoms with Crippen molar-refractivity contribution in [3.63, 3.8) is 0 Å². The molecule has 0 unspecified atom stereocenters. The fourth-order valence-corrected chi connectivity index (χ4v) is 2.81. The molecule has 0 spiro atoms. The predicted molar refractivity (Wildman–Crippen MR) is 82.6 cm³/mol. The summed E-state index contributed by atoms with van der Waals surface area (Å²) in [4.78, 5) is 9.35. The van der Waals surface area contributed by atoms with Gasteiger partial charge in [0, 0.05) is 35.8 Å². The average Bonchev–Trinajstić information content (AvgIpc) is 2.80. The Morgan fingerprint density at radius 3 is 2.76 bits per heavy atom. The maximum atomic E-state index is 13.8. The second kappa shape index (κ2) is 6.60. The number of aromatic nitrogens is 2. The van der Waals surface area contributed by atoms with E-state index in [-0.39, 0.29) is 11.4 Å². The Morgan fingerprint density at radius 2 is 2.14 bits per heavy atom. The van der Waals surface area contributed by atoms with E-state index in [0.717, 1.165) is 10.6 Å². The number of rotatable bonds is 5. The summed E-state index contributed by atoms with van der Waals surface area (Å²) in [6, 6.07) is 1.64. The minimum atomic E-state index is -0.356. The van der Waals surface area contributed by atoms with Crippen molar-refractivity contribution in [3.8, 4) is 10.6 Å². The second-order valence-electron chi connectivity index (χ2n) is 5.78. The summed E-state index contributed by atoms with van der Waals surface area (Å²) in [5, 5.41) is 4.09. The van der Waals surface area contributed by atoms with Crippen LogP contribution in [0, 0.1) is 5.82 Å². The molecule has 0 saturated carbocycles. The molecule has 2 aromatic heterocycles. The summed E-state index contributed by atoms with van der Waals surface area (Å²) in [5.74, 6) is -0.356. The summed E-state index contributed by atoms with van der Waals surface area (Å²) >= 11 is 1.49. The van der Waals surface area contributed by atoms with Crippen LogP contribution in [-0.4, -0.2) is 22.6 Å². The lowest BCUT2D eigenvalue weighted by Gasteiger charge is -2.20. The van der Waals surface area contributed by atoms with Gasteiger partial charge in [-0.05, 0) is 26.8 Å². The SMILES string of the molecule is COCc1nc(-c2ccncc2F)sc1CNC(C)(C)C. The molecule has 0 aliphatic carbocycles. The summed E-state index contributed by atoms with van der Waals surface area (Å²) < 4.78 is 19.0. The van der Waals surface area contributed by atoms with Crippen molar-refractivity contribution in [3.05, 3.63) is 34.8 Å². The van der Waals surface area contributed by atoms with E-state index in [4.69, 9.17) is 4.74 Å². The number of nitrogens with one attached hydrogen (secondary N) is 1. The van der Waals surface area contributed by atoms with E-state index in [1.165, 1.54) is 17.5 Å². The summed E-state index contributed by atoms with van der Waals surface area (Å²) in [5.41, 5.74) is 1.34. The van der Waals surface area contributed by atoms with Crippen molar-refractivity contribution in [2.24, 2.45) is 0 Å². The van der Waals surface area contributed by atoms with Crippen LogP contribution in [0.5, 0.6) is 0 Å². The van der Waals surface area contributed by atoms with Gasteiger partial charge in [-0.25, -0.2) is 9.37 Å². The Bertz CT molecular complexity index is 607. The monoisotopic (exact) mass is 309 g/mol. The quantitative estimate of drug-likeness (QED) is 0.920. The van der Waals surface area contributed by atoms with Gasteiger partial charge in [-0.3, -0.25) is 4.98 Å². The Morgan fingerprint density at radius 1 is 1.38 bits per heavy atom. The van der Waals surface area contributed by atoms with Crippen LogP contribution in [0.4, 0.5) is 4.39 Å². The maximum absolute atomic E-state index is 13.8. The van der Waals surface area contributed by atoms with Crippen LogP contribution >= 0.6 is 11.3 Å². The first-order valence-corrected chi connectivity index (χ1v) is 7.55. The third-order valence-electron chi connectivity index (χ3n) is 2.84. The fraction of sp³-hybridized carbons (Fsp3) is 0.467. The van der Waals surface area contributed by atoms with Gasteiger partial charge in [0.25, 0.3) is 0 Å². The van der Waals surface area contributed by atoms with E-state index >= 15 is 0 Å².